The fourth-order valence-corrected chi connectivity index (χ4v) is 2.06. The van der Waals surface area contributed by atoms with E-state index in [1.807, 2.05) is 26.8 Å². The van der Waals surface area contributed by atoms with Gasteiger partial charge in [0.1, 0.15) is 23.9 Å². The summed E-state index contributed by atoms with van der Waals surface area (Å²) in [7, 11) is 0. The van der Waals surface area contributed by atoms with Crippen LogP contribution in [0.3, 0.4) is 0 Å². The molecule has 0 bridgehead atoms. The van der Waals surface area contributed by atoms with Crippen LogP contribution in [-0.2, 0) is 13.0 Å². The Morgan fingerprint density at radius 1 is 1.35 bits per heavy atom. The first-order valence-corrected chi connectivity index (χ1v) is 6.55. The highest BCUT2D eigenvalue weighted by atomic mass is 19.1. The lowest BCUT2D eigenvalue weighted by Gasteiger charge is -2.10. The van der Waals surface area contributed by atoms with Crippen molar-refractivity contribution in [3.05, 3.63) is 46.6 Å². The van der Waals surface area contributed by atoms with E-state index in [1.165, 1.54) is 12.1 Å². The maximum Gasteiger partial charge on any atom is 0.140 e. The third kappa shape index (κ3) is 3.57. The fraction of sp³-hybridized carbons (Fsp3) is 0.400. The van der Waals surface area contributed by atoms with Gasteiger partial charge in [-0.2, -0.15) is 0 Å². The van der Waals surface area contributed by atoms with Crippen molar-refractivity contribution in [2.45, 2.75) is 39.8 Å². The summed E-state index contributed by atoms with van der Waals surface area (Å²) in [6.45, 7) is 5.87. The average molecular weight is 278 g/mol. The van der Waals surface area contributed by atoms with Crippen molar-refractivity contribution in [2.75, 3.05) is 0 Å². The molecule has 2 N–H and O–H groups in total. The lowest BCUT2D eigenvalue weighted by molar-refractivity contribution is 0.300. The topological polar surface area (TPSA) is 61.3 Å². The molecule has 0 fully saturated rings. The predicted molar refractivity (Wildman–Crippen MR) is 74.1 cm³/mol. The zero-order chi connectivity index (χ0) is 14.7. The van der Waals surface area contributed by atoms with Gasteiger partial charge in [-0.3, -0.25) is 0 Å². The summed E-state index contributed by atoms with van der Waals surface area (Å²) in [6, 6.07) is 4.63. The van der Waals surface area contributed by atoms with Crippen LogP contribution in [0.25, 0.3) is 0 Å². The number of hydrogen-bond donors (Lipinski definition) is 1. The largest absolute Gasteiger partial charge is 0.489 e. The van der Waals surface area contributed by atoms with Crippen LogP contribution in [0.15, 0.2) is 22.7 Å². The molecule has 0 aliphatic carbocycles. The average Bonchev–Trinajstić information content (AvgIpc) is 2.65. The van der Waals surface area contributed by atoms with Gasteiger partial charge in [0.15, 0.2) is 0 Å². The predicted octanol–water partition coefficient (Wildman–Crippen LogP) is 2.90. The Balaban J connectivity index is 2.11. The van der Waals surface area contributed by atoms with Crippen LogP contribution >= 0.6 is 0 Å². The summed E-state index contributed by atoms with van der Waals surface area (Å²) in [5.41, 5.74) is 8.24. The minimum absolute atomic E-state index is 0.0211. The molecule has 20 heavy (non-hydrogen) atoms. The van der Waals surface area contributed by atoms with E-state index < -0.39 is 0 Å². The van der Waals surface area contributed by atoms with E-state index in [1.54, 1.807) is 0 Å². The number of hydrogen-bond acceptors (Lipinski definition) is 4. The van der Waals surface area contributed by atoms with Crippen molar-refractivity contribution in [3.8, 4) is 5.75 Å². The lowest BCUT2D eigenvalue weighted by atomic mass is 10.1. The van der Waals surface area contributed by atoms with Gasteiger partial charge in [0.2, 0.25) is 0 Å². The Labute approximate surface area is 117 Å². The standard InChI is InChI=1S/C15H19FN2O2/c1-9(17)4-12-5-13(16)7-14(6-12)19-8-15-10(2)18-20-11(15)3/h5-7,9H,4,8,17H2,1-3H3. The number of aromatic nitrogens is 1. The second kappa shape index (κ2) is 6.05. The Hall–Kier alpha value is -1.88. The third-order valence-corrected chi connectivity index (χ3v) is 3.05. The SMILES string of the molecule is Cc1noc(C)c1COc1cc(F)cc(CC(C)N)c1. The van der Waals surface area contributed by atoms with Crippen molar-refractivity contribution in [1.29, 1.82) is 0 Å². The first-order chi connectivity index (χ1) is 9.45. The normalized spacial score (nSPS) is 12.4. The van der Waals surface area contributed by atoms with Gasteiger partial charge in [-0.05, 0) is 44.9 Å². The summed E-state index contributed by atoms with van der Waals surface area (Å²) < 4.78 is 24.2. The molecule has 2 rings (SSSR count). The molecule has 1 aromatic carbocycles. The zero-order valence-corrected chi connectivity index (χ0v) is 11.9. The molecule has 108 valence electrons. The lowest BCUT2D eigenvalue weighted by Crippen LogP contribution is -2.17. The summed E-state index contributed by atoms with van der Waals surface area (Å²) in [5.74, 6) is 0.882. The number of ether oxygens (including phenoxy) is 1. The molecule has 1 aromatic heterocycles. The second-order valence-corrected chi connectivity index (χ2v) is 5.07. The highest BCUT2D eigenvalue weighted by molar-refractivity contribution is 5.31. The van der Waals surface area contributed by atoms with E-state index in [9.17, 15) is 4.39 Å². The number of benzene rings is 1. The van der Waals surface area contributed by atoms with E-state index >= 15 is 0 Å². The van der Waals surface area contributed by atoms with Gasteiger partial charge in [0, 0.05) is 12.1 Å². The van der Waals surface area contributed by atoms with E-state index in [-0.39, 0.29) is 11.9 Å². The number of nitrogens with zero attached hydrogens (tertiary/aromatic N) is 1. The van der Waals surface area contributed by atoms with Gasteiger partial charge >= 0.3 is 0 Å². The van der Waals surface area contributed by atoms with Gasteiger partial charge in [-0.15, -0.1) is 0 Å². The Morgan fingerprint density at radius 3 is 2.70 bits per heavy atom. The molecule has 1 unspecified atom stereocenters. The molecule has 0 spiro atoms. The molecular weight excluding hydrogens is 259 g/mol. The summed E-state index contributed by atoms with van der Waals surface area (Å²) in [5, 5.41) is 3.86. The molecule has 0 aliphatic rings. The quantitative estimate of drug-likeness (QED) is 0.913. The smallest absolute Gasteiger partial charge is 0.140 e. The van der Waals surface area contributed by atoms with E-state index in [0.29, 0.717) is 18.8 Å². The molecule has 5 heteroatoms. The van der Waals surface area contributed by atoms with Crippen molar-refractivity contribution in [1.82, 2.24) is 5.16 Å². The first kappa shape index (κ1) is 14.5. The Morgan fingerprint density at radius 2 is 2.10 bits per heavy atom. The molecule has 2 aromatic rings. The van der Waals surface area contributed by atoms with E-state index in [0.717, 1.165) is 22.6 Å². The second-order valence-electron chi connectivity index (χ2n) is 5.07. The number of halogens is 1. The molecule has 4 nitrogen and oxygen atoms in total. The van der Waals surface area contributed by atoms with Crippen LogP contribution in [0.4, 0.5) is 4.39 Å². The summed E-state index contributed by atoms with van der Waals surface area (Å²) in [6.07, 6.45) is 0.611. The Bertz CT molecular complexity index is 574. The molecule has 0 saturated heterocycles. The van der Waals surface area contributed by atoms with E-state index in [4.69, 9.17) is 15.0 Å². The minimum atomic E-state index is -0.322. The molecule has 0 aliphatic heterocycles. The molecule has 1 heterocycles. The summed E-state index contributed by atoms with van der Waals surface area (Å²) >= 11 is 0. The maximum absolute atomic E-state index is 13.6. The van der Waals surface area contributed by atoms with Gasteiger partial charge in [0.25, 0.3) is 0 Å². The van der Waals surface area contributed by atoms with Crippen LogP contribution in [-0.4, -0.2) is 11.2 Å². The highest BCUT2D eigenvalue weighted by Gasteiger charge is 2.10. The summed E-state index contributed by atoms with van der Waals surface area (Å²) in [4.78, 5) is 0. The van der Waals surface area contributed by atoms with Gasteiger partial charge < -0.3 is 15.0 Å². The van der Waals surface area contributed by atoms with Gasteiger partial charge in [0.05, 0.1) is 11.3 Å². The van der Waals surface area contributed by atoms with Crippen LogP contribution in [0.1, 0.15) is 29.5 Å². The van der Waals surface area contributed by atoms with Crippen LogP contribution in [0.5, 0.6) is 5.75 Å². The third-order valence-electron chi connectivity index (χ3n) is 3.05. The molecule has 1 atom stereocenters. The van der Waals surface area contributed by atoms with E-state index in [2.05, 4.69) is 5.16 Å². The van der Waals surface area contributed by atoms with Crippen molar-refractivity contribution in [3.63, 3.8) is 0 Å². The van der Waals surface area contributed by atoms with Gasteiger partial charge in [-0.1, -0.05) is 5.16 Å². The van der Waals surface area contributed by atoms with Crippen LogP contribution in [0, 0.1) is 19.7 Å². The molecule has 0 saturated carbocycles. The fourth-order valence-electron chi connectivity index (χ4n) is 2.06. The first-order valence-electron chi connectivity index (χ1n) is 6.55. The van der Waals surface area contributed by atoms with Crippen molar-refractivity contribution < 1.29 is 13.7 Å². The minimum Gasteiger partial charge on any atom is -0.489 e. The maximum atomic E-state index is 13.6. The zero-order valence-electron chi connectivity index (χ0n) is 11.9. The number of rotatable bonds is 5. The number of nitrogens with two attached hydrogens (primary N) is 1. The van der Waals surface area contributed by atoms with Crippen LogP contribution in [0.2, 0.25) is 0 Å². The monoisotopic (exact) mass is 278 g/mol. The number of aryl methyl sites for hydroxylation is 2. The van der Waals surface area contributed by atoms with Crippen molar-refractivity contribution >= 4 is 0 Å². The molecule has 0 amide bonds. The molecular formula is C15H19FN2O2. The van der Waals surface area contributed by atoms with Gasteiger partial charge in [-0.25, -0.2) is 4.39 Å². The van der Waals surface area contributed by atoms with Crippen molar-refractivity contribution in [2.24, 2.45) is 5.73 Å². The van der Waals surface area contributed by atoms with Crippen LogP contribution < -0.4 is 10.5 Å². The Kier molecular flexibility index (Phi) is 4.39. The molecule has 0 radical (unpaired) electrons. The highest BCUT2D eigenvalue weighted by Crippen LogP contribution is 2.20.